The Morgan fingerprint density at radius 3 is 2.77 bits per heavy atom. The van der Waals surface area contributed by atoms with E-state index in [9.17, 15) is 14.0 Å². The Morgan fingerprint density at radius 2 is 2.08 bits per heavy atom. The quantitative estimate of drug-likeness (QED) is 0.808. The molecule has 0 atom stereocenters. The van der Waals surface area contributed by atoms with Gasteiger partial charge in [-0.15, -0.1) is 0 Å². The first-order chi connectivity index (χ1) is 12.5. The van der Waals surface area contributed by atoms with E-state index in [2.05, 4.69) is 10.5 Å². The summed E-state index contributed by atoms with van der Waals surface area (Å²) >= 11 is 0. The van der Waals surface area contributed by atoms with E-state index >= 15 is 0 Å². The van der Waals surface area contributed by atoms with Crippen LogP contribution in [0.5, 0.6) is 0 Å². The molecule has 1 aliphatic heterocycles. The molecule has 7 nitrogen and oxygen atoms in total. The van der Waals surface area contributed by atoms with Crippen LogP contribution in [0, 0.1) is 11.7 Å². The third kappa shape index (κ3) is 4.66. The number of carbonyl (C=O) groups excluding carboxylic acids is 2. The first-order valence-corrected chi connectivity index (χ1v) is 8.51. The summed E-state index contributed by atoms with van der Waals surface area (Å²) in [4.78, 5) is 25.2. The zero-order valence-electron chi connectivity index (χ0n) is 14.3. The van der Waals surface area contributed by atoms with Crippen molar-refractivity contribution in [3.63, 3.8) is 0 Å². The van der Waals surface area contributed by atoms with Crippen LogP contribution in [0.4, 0.5) is 4.39 Å². The molecular weight excluding hydrogens is 339 g/mol. The fraction of sp³-hybridized carbons (Fsp3) is 0.389. The highest BCUT2D eigenvalue weighted by Crippen LogP contribution is 2.20. The Hall–Kier alpha value is -2.74. The monoisotopic (exact) mass is 360 g/mol. The maximum atomic E-state index is 13.3. The first-order valence-electron chi connectivity index (χ1n) is 8.51. The van der Waals surface area contributed by atoms with Crippen LogP contribution in [-0.4, -0.2) is 41.5 Å². The number of carbonyl (C=O) groups is 2. The molecule has 0 spiro atoms. The molecule has 2 amide bonds. The van der Waals surface area contributed by atoms with Gasteiger partial charge in [0.25, 0.3) is 0 Å². The average molecular weight is 360 g/mol. The molecule has 0 radical (unpaired) electrons. The number of nitrogens with one attached hydrogen (secondary N) is 1. The minimum atomic E-state index is -0.354. The summed E-state index contributed by atoms with van der Waals surface area (Å²) in [5.74, 6) is -0.337. The van der Waals surface area contributed by atoms with E-state index in [0.717, 1.165) is 0 Å². The van der Waals surface area contributed by atoms with Crippen molar-refractivity contribution in [2.75, 3.05) is 19.6 Å². The molecule has 8 heteroatoms. The summed E-state index contributed by atoms with van der Waals surface area (Å²) in [6.07, 6.45) is 1.37. The summed E-state index contributed by atoms with van der Waals surface area (Å²) in [6.45, 7) is 1.80. The van der Waals surface area contributed by atoms with Crippen molar-refractivity contribution in [2.24, 2.45) is 11.7 Å². The van der Waals surface area contributed by atoms with Gasteiger partial charge in [0, 0.05) is 17.5 Å². The van der Waals surface area contributed by atoms with Gasteiger partial charge in [-0.3, -0.25) is 14.5 Å². The summed E-state index contributed by atoms with van der Waals surface area (Å²) in [6, 6.07) is 7.76. The van der Waals surface area contributed by atoms with Gasteiger partial charge in [-0.25, -0.2) is 4.39 Å². The van der Waals surface area contributed by atoms with Crippen LogP contribution in [0.2, 0.25) is 0 Å². The molecule has 2 heterocycles. The smallest absolute Gasteiger partial charge is 0.231 e. The molecule has 1 saturated heterocycles. The number of rotatable bonds is 6. The molecule has 0 saturated carbocycles. The summed E-state index contributed by atoms with van der Waals surface area (Å²) in [5.41, 5.74) is 6.33. The van der Waals surface area contributed by atoms with Crippen molar-refractivity contribution in [3.05, 3.63) is 41.9 Å². The molecule has 138 valence electrons. The zero-order valence-corrected chi connectivity index (χ0v) is 14.3. The van der Waals surface area contributed by atoms with Crippen molar-refractivity contribution in [3.8, 4) is 11.3 Å². The molecule has 0 aliphatic carbocycles. The lowest BCUT2D eigenvalue weighted by molar-refractivity contribution is -0.126. The topological polar surface area (TPSA) is 101 Å². The largest absolute Gasteiger partial charge is 0.369 e. The molecule has 2 aromatic rings. The number of nitrogens with two attached hydrogens (primary N) is 1. The lowest BCUT2D eigenvalue weighted by Crippen LogP contribution is -2.43. The Labute approximate surface area is 150 Å². The van der Waals surface area contributed by atoms with Crippen LogP contribution < -0.4 is 11.1 Å². The van der Waals surface area contributed by atoms with Crippen molar-refractivity contribution in [1.29, 1.82) is 0 Å². The number of aromatic nitrogens is 1. The van der Waals surface area contributed by atoms with Gasteiger partial charge in [-0.2, -0.15) is 0 Å². The van der Waals surface area contributed by atoms with Gasteiger partial charge in [0.2, 0.25) is 11.8 Å². The summed E-state index contributed by atoms with van der Waals surface area (Å²) in [5, 5.41) is 6.76. The molecule has 1 aliphatic rings. The van der Waals surface area contributed by atoms with Crippen LogP contribution >= 0.6 is 0 Å². The van der Waals surface area contributed by atoms with Crippen LogP contribution in [0.25, 0.3) is 11.3 Å². The fourth-order valence-electron chi connectivity index (χ4n) is 3.07. The maximum absolute atomic E-state index is 13.3. The number of piperidine rings is 1. The van der Waals surface area contributed by atoms with Gasteiger partial charge >= 0.3 is 0 Å². The molecular formula is C18H21FN4O3. The number of amides is 2. The molecule has 1 aromatic carbocycles. The molecule has 26 heavy (non-hydrogen) atoms. The third-order valence-corrected chi connectivity index (χ3v) is 4.45. The van der Waals surface area contributed by atoms with Crippen LogP contribution in [0.3, 0.4) is 0 Å². The van der Waals surface area contributed by atoms with Gasteiger partial charge < -0.3 is 15.6 Å². The van der Waals surface area contributed by atoms with Crippen molar-refractivity contribution < 1.29 is 18.5 Å². The van der Waals surface area contributed by atoms with Gasteiger partial charge in [0.05, 0.1) is 13.1 Å². The molecule has 1 aromatic heterocycles. The van der Waals surface area contributed by atoms with E-state index in [0.29, 0.717) is 42.9 Å². The Bertz CT molecular complexity index is 784. The predicted octanol–water partition coefficient (Wildman–Crippen LogP) is 1.29. The van der Waals surface area contributed by atoms with Crippen LogP contribution in [0.15, 0.2) is 34.9 Å². The Balaban J connectivity index is 1.49. The lowest BCUT2D eigenvalue weighted by Gasteiger charge is -2.30. The fourth-order valence-corrected chi connectivity index (χ4v) is 3.07. The van der Waals surface area contributed by atoms with Crippen molar-refractivity contribution in [2.45, 2.75) is 19.4 Å². The number of benzene rings is 1. The lowest BCUT2D eigenvalue weighted by atomic mass is 9.96. The molecule has 0 bridgehead atoms. The van der Waals surface area contributed by atoms with E-state index in [-0.39, 0.29) is 36.6 Å². The van der Waals surface area contributed by atoms with E-state index in [1.54, 1.807) is 18.2 Å². The predicted molar refractivity (Wildman–Crippen MR) is 92.1 cm³/mol. The zero-order chi connectivity index (χ0) is 18.5. The standard InChI is InChI=1S/C18H21FN4O3/c19-14-3-1-2-13(8-14)16-9-15(26-22-16)10-21-18(25)12-4-6-23(7-5-12)11-17(20)24/h1-3,8-9,12H,4-7,10-11H2,(H2,20,24)(H,21,25). The van der Waals surface area contributed by atoms with E-state index in [1.165, 1.54) is 12.1 Å². The van der Waals surface area contributed by atoms with Gasteiger partial charge in [-0.05, 0) is 38.1 Å². The number of primary amides is 1. The first kappa shape index (κ1) is 18.1. The highest BCUT2D eigenvalue weighted by Gasteiger charge is 2.25. The second-order valence-corrected chi connectivity index (χ2v) is 6.42. The SMILES string of the molecule is NC(=O)CN1CCC(C(=O)NCc2cc(-c3cccc(F)c3)no2)CC1. The van der Waals surface area contributed by atoms with E-state index in [4.69, 9.17) is 10.3 Å². The summed E-state index contributed by atoms with van der Waals surface area (Å²) < 4.78 is 18.5. The number of halogens is 1. The second kappa shape index (κ2) is 8.09. The highest BCUT2D eigenvalue weighted by atomic mass is 19.1. The molecule has 3 rings (SSSR count). The average Bonchev–Trinajstić information content (AvgIpc) is 3.09. The molecule has 0 unspecified atom stereocenters. The number of likely N-dealkylation sites (tertiary alicyclic amines) is 1. The normalized spacial score (nSPS) is 15.7. The minimum absolute atomic E-state index is 0.0487. The van der Waals surface area contributed by atoms with E-state index < -0.39 is 0 Å². The van der Waals surface area contributed by atoms with Crippen molar-refractivity contribution >= 4 is 11.8 Å². The number of hydrogen-bond donors (Lipinski definition) is 2. The van der Waals surface area contributed by atoms with E-state index in [1.807, 2.05) is 4.90 Å². The molecule has 1 fully saturated rings. The second-order valence-electron chi connectivity index (χ2n) is 6.42. The number of hydrogen-bond acceptors (Lipinski definition) is 5. The van der Waals surface area contributed by atoms with Gasteiger partial charge in [0.15, 0.2) is 5.76 Å². The summed E-state index contributed by atoms with van der Waals surface area (Å²) in [7, 11) is 0. The molecule has 3 N–H and O–H groups in total. The highest BCUT2D eigenvalue weighted by molar-refractivity contribution is 5.79. The van der Waals surface area contributed by atoms with Gasteiger partial charge in [0.1, 0.15) is 11.5 Å². The van der Waals surface area contributed by atoms with Gasteiger partial charge in [-0.1, -0.05) is 17.3 Å². The maximum Gasteiger partial charge on any atom is 0.231 e. The van der Waals surface area contributed by atoms with Crippen LogP contribution in [-0.2, 0) is 16.1 Å². The Kier molecular flexibility index (Phi) is 5.62. The third-order valence-electron chi connectivity index (χ3n) is 4.45. The minimum Gasteiger partial charge on any atom is -0.369 e. The Morgan fingerprint density at radius 1 is 1.31 bits per heavy atom. The number of nitrogens with zero attached hydrogens (tertiary/aromatic N) is 2. The van der Waals surface area contributed by atoms with Crippen LogP contribution in [0.1, 0.15) is 18.6 Å². The van der Waals surface area contributed by atoms with Crippen molar-refractivity contribution in [1.82, 2.24) is 15.4 Å².